The van der Waals surface area contributed by atoms with Crippen LogP contribution < -0.4 is 0 Å². The maximum atomic E-state index is 9.33. The second-order valence-electron chi connectivity index (χ2n) is 2.88. The Hall–Kier alpha value is -0.960. The minimum atomic E-state index is -0.571. The monoisotopic (exact) mass is 200 g/mol. The maximum absolute atomic E-state index is 9.33. The second-order valence-corrected chi connectivity index (χ2v) is 2.88. The van der Waals surface area contributed by atoms with Gasteiger partial charge in [0.1, 0.15) is 19.3 Å². The highest BCUT2D eigenvalue weighted by molar-refractivity contribution is 4.73. The molecule has 0 aromatic carbocycles. The summed E-state index contributed by atoms with van der Waals surface area (Å²) in [6.07, 6.45) is 8.29. The first kappa shape index (κ1) is 13.0. The van der Waals surface area contributed by atoms with Gasteiger partial charge >= 0.3 is 0 Å². The molecule has 0 spiro atoms. The summed E-state index contributed by atoms with van der Waals surface area (Å²) in [4.78, 5) is 0. The summed E-state index contributed by atoms with van der Waals surface area (Å²) < 4.78 is 10.1. The van der Waals surface area contributed by atoms with Gasteiger partial charge in [0.25, 0.3) is 0 Å². The van der Waals surface area contributed by atoms with Crippen LogP contribution in [0.3, 0.4) is 0 Å². The van der Waals surface area contributed by atoms with Crippen molar-refractivity contribution in [1.82, 2.24) is 0 Å². The molecular weight excluding hydrogens is 180 g/mol. The molecule has 0 saturated carbocycles. The molecule has 0 fully saturated rings. The smallest absolute Gasteiger partial charge is 0.122 e. The molecule has 0 heterocycles. The number of aliphatic hydroxyl groups excluding tert-OH is 1. The summed E-state index contributed by atoms with van der Waals surface area (Å²) in [5.74, 6) is 0. The lowest BCUT2D eigenvalue weighted by Gasteiger charge is -2.08. The van der Waals surface area contributed by atoms with E-state index in [2.05, 4.69) is 0 Å². The molecule has 0 amide bonds. The maximum Gasteiger partial charge on any atom is 0.122 e. The van der Waals surface area contributed by atoms with Gasteiger partial charge in [0, 0.05) is 0 Å². The summed E-state index contributed by atoms with van der Waals surface area (Å²) in [7, 11) is 0. The lowest BCUT2D eigenvalue weighted by Crippen LogP contribution is -2.19. The van der Waals surface area contributed by atoms with E-state index in [4.69, 9.17) is 9.47 Å². The van der Waals surface area contributed by atoms with E-state index in [1.165, 1.54) is 0 Å². The standard InChI is InChI=1S/C11H20O3/c1-3-5-7-13-9-11(12)10-14-8-6-4-2/h5-8,11-12H,3-4,9-10H2,1-2H3. The van der Waals surface area contributed by atoms with Crippen molar-refractivity contribution in [3.63, 3.8) is 0 Å². The predicted octanol–water partition coefficient (Wildman–Crippen LogP) is 2.23. The highest BCUT2D eigenvalue weighted by Crippen LogP contribution is 1.91. The third kappa shape index (κ3) is 9.13. The van der Waals surface area contributed by atoms with Crippen molar-refractivity contribution >= 4 is 0 Å². The van der Waals surface area contributed by atoms with E-state index in [1.807, 2.05) is 26.0 Å². The Bertz CT molecular complexity index is 146. The van der Waals surface area contributed by atoms with Gasteiger partial charge in [-0.05, 0) is 12.8 Å². The first-order chi connectivity index (χ1) is 6.81. The molecular formula is C11H20O3. The van der Waals surface area contributed by atoms with Crippen molar-refractivity contribution in [2.45, 2.75) is 32.8 Å². The SMILES string of the molecule is CCC=COCC(O)COC=CCC. The van der Waals surface area contributed by atoms with Crippen LogP contribution in [0.2, 0.25) is 0 Å². The Morgan fingerprint density at radius 2 is 1.43 bits per heavy atom. The average molecular weight is 200 g/mol. The molecule has 14 heavy (non-hydrogen) atoms. The van der Waals surface area contributed by atoms with Crippen LogP contribution in [0.5, 0.6) is 0 Å². The highest BCUT2D eigenvalue weighted by Gasteiger charge is 2.01. The minimum Gasteiger partial charge on any atom is -0.499 e. The van der Waals surface area contributed by atoms with E-state index in [1.54, 1.807) is 12.5 Å². The van der Waals surface area contributed by atoms with Gasteiger partial charge in [0.15, 0.2) is 0 Å². The minimum absolute atomic E-state index is 0.274. The third-order valence-electron chi connectivity index (χ3n) is 1.43. The number of hydrogen-bond donors (Lipinski definition) is 1. The molecule has 0 aromatic rings. The normalized spacial score (nSPS) is 13.6. The highest BCUT2D eigenvalue weighted by atomic mass is 16.5. The van der Waals surface area contributed by atoms with Crippen molar-refractivity contribution in [3.05, 3.63) is 24.7 Å². The number of aliphatic hydroxyl groups is 1. The quantitative estimate of drug-likeness (QED) is 0.611. The first-order valence-corrected chi connectivity index (χ1v) is 5.02. The molecule has 0 radical (unpaired) electrons. The molecule has 0 aromatic heterocycles. The molecule has 0 aliphatic heterocycles. The molecule has 0 rings (SSSR count). The van der Waals surface area contributed by atoms with E-state index >= 15 is 0 Å². The van der Waals surface area contributed by atoms with Gasteiger partial charge in [0.2, 0.25) is 0 Å². The zero-order valence-corrected chi connectivity index (χ0v) is 8.98. The molecule has 0 aliphatic rings. The summed E-state index contributed by atoms with van der Waals surface area (Å²) >= 11 is 0. The topological polar surface area (TPSA) is 38.7 Å². The lowest BCUT2D eigenvalue weighted by atomic mass is 10.4. The van der Waals surface area contributed by atoms with Gasteiger partial charge in [-0.1, -0.05) is 26.0 Å². The second kappa shape index (κ2) is 10.1. The Morgan fingerprint density at radius 1 is 1.00 bits per heavy atom. The fourth-order valence-electron chi connectivity index (χ4n) is 0.710. The summed E-state index contributed by atoms with van der Waals surface area (Å²) in [6, 6.07) is 0. The molecule has 82 valence electrons. The van der Waals surface area contributed by atoms with Gasteiger partial charge < -0.3 is 14.6 Å². The van der Waals surface area contributed by atoms with E-state index in [-0.39, 0.29) is 13.2 Å². The summed E-state index contributed by atoms with van der Waals surface area (Å²) in [6.45, 7) is 4.59. The lowest BCUT2D eigenvalue weighted by molar-refractivity contribution is 0.0322. The summed E-state index contributed by atoms with van der Waals surface area (Å²) in [5, 5.41) is 9.33. The van der Waals surface area contributed by atoms with Crippen molar-refractivity contribution in [3.8, 4) is 0 Å². The van der Waals surface area contributed by atoms with Gasteiger partial charge in [0.05, 0.1) is 12.5 Å². The molecule has 0 bridgehead atoms. The van der Waals surface area contributed by atoms with Crippen molar-refractivity contribution in [1.29, 1.82) is 0 Å². The largest absolute Gasteiger partial charge is 0.499 e. The van der Waals surface area contributed by atoms with E-state index in [9.17, 15) is 5.11 Å². The van der Waals surface area contributed by atoms with Crippen molar-refractivity contribution in [2.24, 2.45) is 0 Å². The Labute approximate surface area is 86.0 Å². The molecule has 0 saturated heterocycles. The number of hydrogen-bond acceptors (Lipinski definition) is 3. The molecule has 3 nitrogen and oxygen atoms in total. The van der Waals surface area contributed by atoms with Crippen LogP contribution in [0, 0.1) is 0 Å². The number of ether oxygens (including phenoxy) is 2. The van der Waals surface area contributed by atoms with Gasteiger partial charge in [-0.25, -0.2) is 0 Å². The van der Waals surface area contributed by atoms with Crippen LogP contribution in [0.1, 0.15) is 26.7 Å². The van der Waals surface area contributed by atoms with Crippen molar-refractivity contribution < 1.29 is 14.6 Å². The Morgan fingerprint density at radius 3 is 1.79 bits per heavy atom. The molecule has 3 heteroatoms. The van der Waals surface area contributed by atoms with Crippen LogP contribution >= 0.6 is 0 Å². The van der Waals surface area contributed by atoms with Gasteiger partial charge in [-0.2, -0.15) is 0 Å². The van der Waals surface area contributed by atoms with Crippen molar-refractivity contribution in [2.75, 3.05) is 13.2 Å². The number of allylic oxidation sites excluding steroid dienone is 2. The predicted molar refractivity (Wildman–Crippen MR) is 56.8 cm³/mol. The number of rotatable bonds is 8. The first-order valence-electron chi connectivity index (χ1n) is 5.02. The fourth-order valence-corrected chi connectivity index (χ4v) is 0.710. The van der Waals surface area contributed by atoms with E-state index < -0.39 is 6.10 Å². The molecule has 0 atom stereocenters. The Balaban J connectivity index is 3.31. The van der Waals surface area contributed by atoms with Crippen LogP contribution in [0.15, 0.2) is 24.7 Å². The van der Waals surface area contributed by atoms with Crippen LogP contribution in [-0.2, 0) is 9.47 Å². The Kier molecular flexibility index (Phi) is 9.43. The van der Waals surface area contributed by atoms with E-state index in [0.717, 1.165) is 12.8 Å². The molecule has 0 aliphatic carbocycles. The third-order valence-corrected chi connectivity index (χ3v) is 1.43. The zero-order valence-electron chi connectivity index (χ0n) is 8.98. The average Bonchev–Trinajstić information content (AvgIpc) is 2.19. The van der Waals surface area contributed by atoms with E-state index in [0.29, 0.717) is 0 Å². The van der Waals surface area contributed by atoms with Gasteiger partial charge in [-0.3, -0.25) is 0 Å². The van der Waals surface area contributed by atoms with Crippen LogP contribution in [0.4, 0.5) is 0 Å². The van der Waals surface area contributed by atoms with Gasteiger partial charge in [-0.15, -0.1) is 0 Å². The fraction of sp³-hybridized carbons (Fsp3) is 0.636. The molecule has 0 unspecified atom stereocenters. The summed E-state index contributed by atoms with van der Waals surface area (Å²) in [5.41, 5.74) is 0. The van der Waals surface area contributed by atoms with Crippen LogP contribution in [0.25, 0.3) is 0 Å². The zero-order chi connectivity index (χ0) is 10.6. The molecule has 1 N–H and O–H groups in total. The van der Waals surface area contributed by atoms with Crippen LogP contribution in [-0.4, -0.2) is 24.4 Å².